The molecule has 5 nitrogen and oxygen atoms in total. The number of hydrogen-bond donors (Lipinski definition) is 1. The van der Waals surface area contributed by atoms with Crippen LogP contribution in [0.4, 0.5) is 0 Å². The lowest BCUT2D eigenvalue weighted by molar-refractivity contribution is -0.0246. The minimum atomic E-state index is -0.0697. The molecule has 22 heavy (non-hydrogen) atoms. The molecule has 2 fully saturated rings. The molecule has 1 amide bonds. The topological polar surface area (TPSA) is 56.8 Å². The monoisotopic (exact) mass is 303 g/mol. The first-order valence-corrected chi connectivity index (χ1v) is 8.09. The first-order chi connectivity index (χ1) is 10.7. The molecule has 4 rings (SSSR count). The van der Waals surface area contributed by atoms with Crippen LogP contribution in [0.25, 0.3) is 0 Å². The van der Waals surface area contributed by atoms with Crippen molar-refractivity contribution in [1.82, 2.24) is 5.32 Å². The van der Waals surface area contributed by atoms with Crippen LogP contribution in [-0.2, 0) is 4.74 Å². The fraction of sp³-hybridized carbons (Fsp3) is 0.588. The van der Waals surface area contributed by atoms with Gasteiger partial charge >= 0.3 is 0 Å². The number of benzene rings is 1. The van der Waals surface area contributed by atoms with Gasteiger partial charge in [-0.25, -0.2) is 0 Å². The second kappa shape index (κ2) is 5.47. The summed E-state index contributed by atoms with van der Waals surface area (Å²) >= 11 is 0. The molecule has 0 bridgehead atoms. The third-order valence-electron chi connectivity index (χ3n) is 4.94. The number of nitrogens with one attached hydrogen (secondary N) is 1. The Hall–Kier alpha value is -1.75. The normalized spacial score (nSPS) is 25.4. The van der Waals surface area contributed by atoms with Gasteiger partial charge in [-0.2, -0.15) is 0 Å². The second-order valence-electron chi connectivity index (χ2n) is 6.50. The van der Waals surface area contributed by atoms with Crippen molar-refractivity contribution < 1.29 is 19.0 Å². The van der Waals surface area contributed by atoms with Crippen LogP contribution in [0.15, 0.2) is 18.2 Å². The molecule has 2 aliphatic heterocycles. The van der Waals surface area contributed by atoms with E-state index in [1.54, 1.807) is 18.2 Å². The van der Waals surface area contributed by atoms with Gasteiger partial charge in [0.15, 0.2) is 11.5 Å². The standard InChI is InChI=1S/C17H21NO4/c19-16(12-4-5-14-15(8-12)21-11-20-14)18-13-9-17(22-10-13)6-2-1-3-7-17/h4-5,8,13H,1-3,6-7,9-11H2,(H,18,19)/t13-/m1/s1. The second-order valence-corrected chi connectivity index (χ2v) is 6.50. The Morgan fingerprint density at radius 2 is 1.95 bits per heavy atom. The van der Waals surface area contributed by atoms with Gasteiger partial charge in [-0.05, 0) is 37.5 Å². The third kappa shape index (κ3) is 2.54. The van der Waals surface area contributed by atoms with Crippen LogP contribution in [-0.4, -0.2) is 30.9 Å². The minimum absolute atomic E-state index is 0.0189. The lowest BCUT2D eigenvalue weighted by atomic mass is 9.82. The number of amides is 1. The van der Waals surface area contributed by atoms with E-state index >= 15 is 0 Å². The molecule has 1 saturated heterocycles. The summed E-state index contributed by atoms with van der Waals surface area (Å²) in [4.78, 5) is 12.4. The molecule has 1 saturated carbocycles. The molecule has 0 unspecified atom stereocenters. The molecule has 1 spiro atoms. The van der Waals surface area contributed by atoms with Crippen LogP contribution in [0.5, 0.6) is 11.5 Å². The highest BCUT2D eigenvalue weighted by atomic mass is 16.7. The molecule has 5 heteroatoms. The summed E-state index contributed by atoms with van der Waals surface area (Å²) in [5.74, 6) is 1.26. The Bertz CT molecular complexity index is 580. The van der Waals surface area contributed by atoms with E-state index in [1.807, 2.05) is 0 Å². The summed E-state index contributed by atoms with van der Waals surface area (Å²) in [7, 11) is 0. The number of carbonyl (C=O) groups excluding carboxylic acids is 1. The summed E-state index contributed by atoms with van der Waals surface area (Å²) in [5, 5.41) is 3.10. The summed E-state index contributed by atoms with van der Waals surface area (Å²) in [6, 6.07) is 5.40. The average Bonchev–Trinajstić information content (AvgIpc) is 3.15. The molecule has 1 aromatic carbocycles. The quantitative estimate of drug-likeness (QED) is 0.912. The lowest BCUT2D eigenvalue weighted by Gasteiger charge is -2.32. The van der Waals surface area contributed by atoms with E-state index in [1.165, 1.54) is 19.3 Å². The molecule has 1 N–H and O–H groups in total. The SMILES string of the molecule is O=C(N[C@H]1COC2(CCCCC2)C1)c1ccc2c(c1)OCO2. The van der Waals surface area contributed by atoms with E-state index in [9.17, 15) is 4.79 Å². The first-order valence-electron chi connectivity index (χ1n) is 8.09. The Morgan fingerprint density at radius 3 is 2.82 bits per heavy atom. The lowest BCUT2D eigenvalue weighted by Crippen LogP contribution is -2.37. The van der Waals surface area contributed by atoms with Gasteiger partial charge in [-0.3, -0.25) is 4.79 Å². The van der Waals surface area contributed by atoms with Crippen LogP contribution in [0.1, 0.15) is 48.9 Å². The fourth-order valence-corrected chi connectivity index (χ4v) is 3.79. The summed E-state index contributed by atoms with van der Waals surface area (Å²) < 4.78 is 16.6. The van der Waals surface area contributed by atoms with Crippen molar-refractivity contribution in [3.63, 3.8) is 0 Å². The predicted octanol–water partition coefficient (Wildman–Crippen LogP) is 2.64. The van der Waals surface area contributed by atoms with Crippen LogP contribution in [0.2, 0.25) is 0 Å². The van der Waals surface area contributed by atoms with Crippen LogP contribution in [0, 0.1) is 0 Å². The Labute approximate surface area is 129 Å². The van der Waals surface area contributed by atoms with Crippen molar-refractivity contribution in [2.45, 2.75) is 50.2 Å². The Balaban J connectivity index is 1.40. The van der Waals surface area contributed by atoms with E-state index in [0.29, 0.717) is 23.7 Å². The zero-order chi connectivity index (χ0) is 15.0. The Kier molecular flexibility index (Phi) is 3.45. The van der Waals surface area contributed by atoms with Crippen molar-refractivity contribution in [3.05, 3.63) is 23.8 Å². The molecule has 3 aliphatic rings. The van der Waals surface area contributed by atoms with E-state index in [-0.39, 0.29) is 24.3 Å². The Morgan fingerprint density at radius 1 is 1.14 bits per heavy atom. The van der Waals surface area contributed by atoms with Gasteiger partial charge in [-0.15, -0.1) is 0 Å². The number of ether oxygens (including phenoxy) is 3. The molecule has 0 radical (unpaired) electrons. The van der Waals surface area contributed by atoms with Gasteiger partial charge in [0, 0.05) is 5.56 Å². The van der Waals surface area contributed by atoms with Crippen molar-refractivity contribution in [2.24, 2.45) is 0 Å². The number of carbonyl (C=O) groups is 1. The zero-order valence-electron chi connectivity index (χ0n) is 12.6. The van der Waals surface area contributed by atoms with Crippen LogP contribution in [0.3, 0.4) is 0 Å². The predicted molar refractivity (Wildman–Crippen MR) is 80.2 cm³/mol. The zero-order valence-corrected chi connectivity index (χ0v) is 12.6. The van der Waals surface area contributed by atoms with Gasteiger partial charge in [0.2, 0.25) is 6.79 Å². The highest BCUT2D eigenvalue weighted by Gasteiger charge is 2.41. The maximum absolute atomic E-state index is 12.4. The van der Waals surface area contributed by atoms with Crippen molar-refractivity contribution in [1.29, 1.82) is 0 Å². The maximum Gasteiger partial charge on any atom is 0.251 e. The summed E-state index contributed by atoms with van der Waals surface area (Å²) in [5.41, 5.74) is 0.624. The number of hydrogen-bond acceptors (Lipinski definition) is 4. The molecule has 2 heterocycles. The molecule has 118 valence electrons. The van der Waals surface area contributed by atoms with E-state index in [2.05, 4.69) is 5.32 Å². The summed E-state index contributed by atoms with van der Waals surface area (Å²) in [6.45, 7) is 0.843. The highest BCUT2D eigenvalue weighted by Crippen LogP contribution is 2.39. The third-order valence-corrected chi connectivity index (χ3v) is 4.94. The minimum Gasteiger partial charge on any atom is -0.454 e. The van der Waals surface area contributed by atoms with Crippen molar-refractivity contribution >= 4 is 5.91 Å². The number of rotatable bonds is 2. The smallest absolute Gasteiger partial charge is 0.251 e. The van der Waals surface area contributed by atoms with Gasteiger partial charge < -0.3 is 19.5 Å². The average molecular weight is 303 g/mol. The van der Waals surface area contributed by atoms with E-state index in [4.69, 9.17) is 14.2 Å². The molecule has 1 atom stereocenters. The fourth-order valence-electron chi connectivity index (χ4n) is 3.79. The van der Waals surface area contributed by atoms with Crippen LogP contribution >= 0.6 is 0 Å². The van der Waals surface area contributed by atoms with Crippen molar-refractivity contribution in [2.75, 3.05) is 13.4 Å². The van der Waals surface area contributed by atoms with E-state index in [0.717, 1.165) is 19.3 Å². The number of fused-ring (bicyclic) bond motifs is 1. The van der Waals surface area contributed by atoms with Gasteiger partial charge in [0.05, 0.1) is 18.2 Å². The molecule has 0 aromatic heterocycles. The van der Waals surface area contributed by atoms with Crippen LogP contribution < -0.4 is 14.8 Å². The van der Waals surface area contributed by atoms with Gasteiger partial charge in [0.1, 0.15) is 0 Å². The maximum atomic E-state index is 12.4. The van der Waals surface area contributed by atoms with Gasteiger partial charge in [0.25, 0.3) is 5.91 Å². The van der Waals surface area contributed by atoms with Crippen molar-refractivity contribution in [3.8, 4) is 11.5 Å². The molecule has 1 aliphatic carbocycles. The molecular formula is C17H21NO4. The molecule has 1 aromatic rings. The largest absolute Gasteiger partial charge is 0.454 e. The van der Waals surface area contributed by atoms with E-state index < -0.39 is 0 Å². The van der Waals surface area contributed by atoms with Gasteiger partial charge in [-0.1, -0.05) is 19.3 Å². The molecular weight excluding hydrogens is 282 g/mol. The highest BCUT2D eigenvalue weighted by molar-refractivity contribution is 5.95. The first kappa shape index (κ1) is 13.9. The summed E-state index contributed by atoms with van der Waals surface area (Å²) in [6.07, 6.45) is 6.97.